The molecule has 8 heavy (non-hydrogen) atoms. The summed E-state index contributed by atoms with van der Waals surface area (Å²) in [6.07, 6.45) is 3.18. The number of hydrogen-bond donors (Lipinski definition) is 0. The predicted molar refractivity (Wildman–Crippen MR) is 27.5 cm³/mol. The van der Waals surface area contributed by atoms with Gasteiger partial charge in [0.1, 0.15) is 6.10 Å². The van der Waals surface area contributed by atoms with Gasteiger partial charge in [0.15, 0.2) is 5.78 Å². The molecule has 2 atom stereocenters. The Morgan fingerprint density at radius 1 is 1.62 bits per heavy atom. The molecule has 0 radical (unpaired) electrons. The molecule has 2 heterocycles. The number of ether oxygens (including phenoxy) is 1. The van der Waals surface area contributed by atoms with E-state index in [2.05, 4.69) is 0 Å². The van der Waals surface area contributed by atoms with Gasteiger partial charge in [0.25, 0.3) is 0 Å². The first-order chi connectivity index (χ1) is 3.86. The zero-order valence-electron chi connectivity index (χ0n) is 4.59. The minimum atomic E-state index is 0.00810. The molecule has 2 aliphatic heterocycles. The zero-order valence-corrected chi connectivity index (χ0v) is 4.59. The second-order valence-electron chi connectivity index (χ2n) is 2.49. The summed E-state index contributed by atoms with van der Waals surface area (Å²) in [5.41, 5.74) is 0. The summed E-state index contributed by atoms with van der Waals surface area (Å²) in [5, 5.41) is 0. The van der Waals surface area contributed by atoms with Gasteiger partial charge in [0, 0.05) is 12.8 Å². The fraction of sp³-hybridized carbons (Fsp3) is 0.833. The van der Waals surface area contributed by atoms with E-state index in [9.17, 15) is 4.79 Å². The van der Waals surface area contributed by atoms with Gasteiger partial charge in [-0.05, 0) is 6.42 Å². The molecule has 0 N–H and O–H groups in total. The van der Waals surface area contributed by atoms with E-state index < -0.39 is 0 Å². The summed E-state index contributed by atoms with van der Waals surface area (Å²) in [4.78, 5) is 10.7. The maximum Gasteiger partial charge on any atom is 0.161 e. The van der Waals surface area contributed by atoms with Crippen molar-refractivity contribution in [2.75, 3.05) is 0 Å². The Morgan fingerprint density at radius 3 is 2.62 bits per heavy atom. The zero-order chi connectivity index (χ0) is 5.56. The summed E-state index contributed by atoms with van der Waals surface area (Å²) < 4.78 is 5.14. The summed E-state index contributed by atoms with van der Waals surface area (Å²) in [5.74, 6) is 0.313. The smallest absolute Gasteiger partial charge is 0.161 e. The van der Waals surface area contributed by atoms with Gasteiger partial charge >= 0.3 is 0 Å². The van der Waals surface area contributed by atoms with E-state index in [0.717, 1.165) is 19.3 Å². The molecular formula is C6H8O2. The van der Waals surface area contributed by atoms with Crippen LogP contribution in [0.1, 0.15) is 19.3 Å². The molecule has 0 aromatic heterocycles. The van der Waals surface area contributed by atoms with Crippen molar-refractivity contribution in [1.82, 2.24) is 0 Å². The van der Waals surface area contributed by atoms with E-state index in [1.54, 1.807) is 0 Å². The van der Waals surface area contributed by atoms with Crippen LogP contribution in [0.25, 0.3) is 0 Å². The lowest BCUT2D eigenvalue weighted by Crippen LogP contribution is -2.47. The van der Waals surface area contributed by atoms with Crippen LogP contribution in [-0.4, -0.2) is 18.0 Å². The van der Waals surface area contributed by atoms with Crippen molar-refractivity contribution in [3.8, 4) is 0 Å². The highest BCUT2D eigenvalue weighted by Gasteiger charge is 2.39. The molecule has 2 heteroatoms. The molecule has 2 saturated heterocycles. The van der Waals surface area contributed by atoms with E-state index in [1.807, 2.05) is 0 Å². The fourth-order valence-electron chi connectivity index (χ4n) is 1.32. The van der Waals surface area contributed by atoms with Gasteiger partial charge in [-0.15, -0.1) is 0 Å². The second kappa shape index (κ2) is 1.32. The van der Waals surface area contributed by atoms with Crippen molar-refractivity contribution in [3.63, 3.8) is 0 Å². The molecule has 3 fully saturated rings. The molecule has 1 saturated carbocycles. The summed E-state index contributed by atoms with van der Waals surface area (Å²) in [7, 11) is 0. The van der Waals surface area contributed by atoms with Gasteiger partial charge in [0.2, 0.25) is 0 Å². The molecule has 0 unspecified atom stereocenters. The average molecular weight is 112 g/mol. The number of carbonyl (C=O) groups is 1. The molecule has 0 spiro atoms. The normalized spacial score (nSPS) is 43.8. The van der Waals surface area contributed by atoms with Crippen molar-refractivity contribution in [1.29, 1.82) is 0 Å². The van der Waals surface area contributed by atoms with Crippen molar-refractivity contribution in [3.05, 3.63) is 0 Å². The van der Waals surface area contributed by atoms with E-state index in [0.29, 0.717) is 11.9 Å². The molecule has 3 aliphatic rings. The topological polar surface area (TPSA) is 26.3 Å². The molecule has 0 aromatic carbocycles. The van der Waals surface area contributed by atoms with Gasteiger partial charge in [-0.1, -0.05) is 0 Å². The Bertz CT molecular complexity index is 122. The van der Waals surface area contributed by atoms with Crippen molar-refractivity contribution >= 4 is 5.78 Å². The summed E-state index contributed by atoms with van der Waals surface area (Å²) >= 11 is 0. The number of rotatable bonds is 0. The number of Topliss-reactive ketones (excluding diaryl/α,β-unsaturated/α-hetero) is 1. The summed E-state index contributed by atoms with van der Waals surface area (Å²) in [6, 6.07) is 0. The molecule has 0 aromatic rings. The second-order valence-corrected chi connectivity index (χ2v) is 2.49. The molecule has 3 rings (SSSR count). The van der Waals surface area contributed by atoms with Crippen LogP contribution in [0.5, 0.6) is 0 Å². The van der Waals surface area contributed by atoms with Crippen molar-refractivity contribution in [2.24, 2.45) is 0 Å². The number of ketones is 1. The fourth-order valence-corrected chi connectivity index (χ4v) is 1.32. The molecule has 0 amide bonds. The number of carbonyl (C=O) groups excluding carboxylic acids is 1. The van der Waals surface area contributed by atoms with Crippen molar-refractivity contribution < 1.29 is 9.53 Å². The average Bonchev–Trinajstić information content (AvgIpc) is 1.62. The van der Waals surface area contributed by atoms with Gasteiger partial charge in [0.05, 0.1) is 6.10 Å². The predicted octanol–water partition coefficient (Wildman–Crippen LogP) is 0.507. The third-order valence-electron chi connectivity index (χ3n) is 1.91. The number of hydrogen-bond acceptors (Lipinski definition) is 2. The number of fused-ring (bicyclic) bond motifs is 2. The lowest BCUT2D eigenvalue weighted by Gasteiger charge is -2.39. The van der Waals surface area contributed by atoms with Gasteiger partial charge in [-0.3, -0.25) is 4.79 Å². The van der Waals surface area contributed by atoms with E-state index >= 15 is 0 Å². The SMILES string of the molecule is O=C1CC[C@H]2C[C@H]1O2. The van der Waals surface area contributed by atoms with Crippen molar-refractivity contribution in [2.45, 2.75) is 31.5 Å². The molecule has 44 valence electrons. The molecule has 1 aliphatic carbocycles. The Labute approximate surface area is 47.8 Å². The highest BCUT2D eigenvalue weighted by molar-refractivity contribution is 5.85. The minimum Gasteiger partial charge on any atom is -0.367 e. The summed E-state index contributed by atoms with van der Waals surface area (Å²) in [6.45, 7) is 0. The highest BCUT2D eigenvalue weighted by Crippen LogP contribution is 2.31. The Kier molecular flexibility index (Phi) is 0.742. The maximum atomic E-state index is 10.7. The molecular weight excluding hydrogens is 104 g/mol. The lowest BCUT2D eigenvalue weighted by molar-refractivity contribution is -0.175. The van der Waals surface area contributed by atoms with Crippen LogP contribution in [0.4, 0.5) is 0 Å². The monoisotopic (exact) mass is 112 g/mol. The van der Waals surface area contributed by atoms with Crippen LogP contribution in [0.3, 0.4) is 0 Å². The first-order valence-corrected chi connectivity index (χ1v) is 3.04. The third kappa shape index (κ3) is 0.436. The van der Waals surface area contributed by atoms with Crippen LogP contribution >= 0.6 is 0 Å². The van der Waals surface area contributed by atoms with Gasteiger partial charge < -0.3 is 4.74 Å². The standard InChI is InChI=1S/C6H8O2/c7-5-2-1-4-3-6(5)8-4/h4,6H,1-3H2/t4-,6+/m0/s1. The lowest BCUT2D eigenvalue weighted by atomic mass is 9.88. The van der Waals surface area contributed by atoms with Crippen LogP contribution in [0.2, 0.25) is 0 Å². The molecule has 2 nitrogen and oxygen atoms in total. The van der Waals surface area contributed by atoms with E-state index in [1.165, 1.54) is 0 Å². The Morgan fingerprint density at radius 2 is 2.38 bits per heavy atom. The maximum absolute atomic E-state index is 10.7. The van der Waals surface area contributed by atoms with Crippen LogP contribution in [0, 0.1) is 0 Å². The molecule has 2 bridgehead atoms. The van der Waals surface area contributed by atoms with Crippen LogP contribution in [-0.2, 0) is 9.53 Å². The largest absolute Gasteiger partial charge is 0.367 e. The van der Waals surface area contributed by atoms with E-state index in [4.69, 9.17) is 4.74 Å². The van der Waals surface area contributed by atoms with Crippen LogP contribution < -0.4 is 0 Å². The minimum absolute atomic E-state index is 0.00810. The first kappa shape index (κ1) is 4.50. The Balaban J connectivity index is 2.10. The quantitative estimate of drug-likeness (QED) is 0.456. The van der Waals surface area contributed by atoms with Gasteiger partial charge in [-0.2, -0.15) is 0 Å². The first-order valence-electron chi connectivity index (χ1n) is 3.04. The van der Waals surface area contributed by atoms with E-state index in [-0.39, 0.29) is 6.10 Å². The van der Waals surface area contributed by atoms with Gasteiger partial charge in [-0.25, -0.2) is 0 Å². The third-order valence-corrected chi connectivity index (χ3v) is 1.91. The Hall–Kier alpha value is -0.370. The highest BCUT2D eigenvalue weighted by atomic mass is 16.5. The van der Waals surface area contributed by atoms with Crippen LogP contribution in [0.15, 0.2) is 0 Å².